The summed E-state index contributed by atoms with van der Waals surface area (Å²) in [5.74, 6) is 0. The molecule has 1 heterocycles. The number of alkyl carbamates (subject to hydrolysis) is 1. The Bertz CT molecular complexity index is 631. The molecule has 0 aliphatic heterocycles. The zero-order valence-electron chi connectivity index (χ0n) is 12.5. The molecule has 0 radical (unpaired) electrons. The molecule has 0 aliphatic rings. The van der Waals surface area contributed by atoms with E-state index in [1.54, 1.807) is 0 Å². The third-order valence-corrected chi connectivity index (χ3v) is 3.70. The normalized spacial score (nSPS) is 11.6. The summed E-state index contributed by atoms with van der Waals surface area (Å²) in [6, 6.07) is 5.93. The highest BCUT2D eigenvalue weighted by Crippen LogP contribution is 2.23. The lowest BCUT2D eigenvalue weighted by Gasteiger charge is -2.19. The molecule has 1 aromatic heterocycles. The lowest BCUT2D eigenvalue weighted by molar-refractivity contribution is 0.0523. The molecule has 0 bridgehead atoms. The van der Waals surface area contributed by atoms with Crippen molar-refractivity contribution in [3.05, 3.63) is 28.8 Å². The number of aromatic nitrogens is 1. The van der Waals surface area contributed by atoms with E-state index in [1.807, 2.05) is 39.0 Å². The van der Waals surface area contributed by atoms with Crippen LogP contribution < -0.4 is 5.32 Å². The highest BCUT2D eigenvalue weighted by atomic mass is 32.1. The van der Waals surface area contributed by atoms with Crippen LogP contribution in [0.3, 0.4) is 0 Å². The molecule has 0 saturated heterocycles. The van der Waals surface area contributed by atoms with Crippen LogP contribution in [-0.2, 0) is 17.7 Å². The highest BCUT2D eigenvalue weighted by Gasteiger charge is 2.16. The van der Waals surface area contributed by atoms with Crippen LogP contribution in [0.25, 0.3) is 10.2 Å². The molecule has 0 fully saturated rings. The molecule has 0 saturated carbocycles. The van der Waals surface area contributed by atoms with Gasteiger partial charge in [-0.2, -0.15) is 0 Å². The maximum atomic E-state index is 11.6. The molecule has 0 unspecified atom stereocenters. The summed E-state index contributed by atoms with van der Waals surface area (Å²) in [4.78, 5) is 16.1. The Morgan fingerprint density at radius 2 is 2.19 bits per heavy atom. The molecule has 2 aromatic rings. The van der Waals surface area contributed by atoms with Gasteiger partial charge in [0.2, 0.25) is 0 Å². The molecular weight excluding hydrogens is 288 g/mol. The summed E-state index contributed by atoms with van der Waals surface area (Å²) in [7, 11) is 0. The largest absolute Gasteiger partial charge is 0.444 e. The Kier molecular flexibility index (Phi) is 4.80. The van der Waals surface area contributed by atoms with E-state index in [-0.39, 0.29) is 6.61 Å². The van der Waals surface area contributed by atoms with Crippen LogP contribution in [0.2, 0.25) is 0 Å². The van der Waals surface area contributed by atoms with E-state index < -0.39 is 11.7 Å². The van der Waals surface area contributed by atoms with Gasteiger partial charge in [-0.3, -0.25) is 0 Å². The van der Waals surface area contributed by atoms with Gasteiger partial charge >= 0.3 is 6.09 Å². The predicted octanol–water partition coefficient (Wildman–Crippen LogP) is 2.86. The number of carbonyl (C=O) groups is 1. The third-order valence-electron chi connectivity index (χ3n) is 2.68. The number of benzene rings is 1. The van der Waals surface area contributed by atoms with Crippen molar-refractivity contribution in [2.24, 2.45) is 0 Å². The number of amides is 1. The Morgan fingerprint density at radius 1 is 1.43 bits per heavy atom. The average Bonchev–Trinajstić information content (AvgIpc) is 2.77. The molecule has 1 aromatic carbocycles. The van der Waals surface area contributed by atoms with E-state index in [0.717, 1.165) is 20.8 Å². The zero-order valence-corrected chi connectivity index (χ0v) is 13.3. The molecule has 2 rings (SSSR count). The Morgan fingerprint density at radius 3 is 2.86 bits per heavy atom. The van der Waals surface area contributed by atoms with Crippen molar-refractivity contribution in [1.29, 1.82) is 0 Å². The van der Waals surface area contributed by atoms with Crippen molar-refractivity contribution in [2.75, 3.05) is 6.61 Å². The molecule has 0 spiro atoms. The van der Waals surface area contributed by atoms with Crippen LogP contribution in [0.5, 0.6) is 0 Å². The van der Waals surface area contributed by atoms with E-state index in [4.69, 9.17) is 9.84 Å². The second kappa shape index (κ2) is 6.41. The number of nitrogens with zero attached hydrogens (tertiary/aromatic N) is 1. The highest BCUT2D eigenvalue weighted by molar-refractivity contribution is 7.18. The van der Waals surface area contributed by atoms with Crippen molar-refractivity contribution in [3.63, 3.8) is 0 Å². The number of aliphatic hydroxyl groups is 1. The second-order valence-corrected chi connectivity index (χ2v) is 6.85. The first-order valence-corrected chi connectivity index (χ1v) is 7.65. The number of aliphatic hydroxyl groups excluding tert-OH is 1. The van der Waals surface area contributed by atoms with Crippen LogP contribution in [0.15, 0.2) is 18.2 Å². The van der Waals surface area contributed by atoms with Gasteiger partial charge in [0.1, 0.15) is 10.6 Å². The van der Waals surface area contributed by atoms with Gasteiger partial charge < -0.3 is 15.2 Å². The average molecular weight is 308 g/mol. The first-order chi connectivity index (χ1) is 9.87. The fourth-order valence-corrected chi connectivity index (χ4v) is 2.81. The number of carbonyl (C=O) groups excluding carboxylic acids is 1. The number of rotatable bonds is 4. The van der Waals surface area contributed by atoms with Gasteiger partial charge in [0.25, 0.3) is 0 Å². The molecule has 5 nitrogen and oxygen atoms in total. The summed E-state index contributed by atoms with van der Waals surface area (Å²) in [5, 5.41) is 12.5. The van der Waals surface area contributed by atoms with E-state index in [0.29, 0.717) is 13.0 Å². The number of hydrogen-bond acceptors (Lipinski definition) is 5. The Labute approximate surface area is 128 Å². The smallest absolute Gasteiger partial charge is 0.408 e. The monoisotopic (exact) mass is 308 g/mol. The maximum Gasteiger partial charge on any atom is 0.408 e. The van der Waals surface area contributed by atoms with E-state index >= 15 is 0 Å². The minimum absolute atomic E-state index is 0.136. The number of thiazole rings is 1. The number of nitrogens with one attached hydrogen (secondary N) is 1. The lowest BCUT2D eigenvalue weighted by atomic mass is 10.1. The van der Waals surface area contributed by atoms with Gasteiger partial charge in [-0.15, -0.1) is 11.3 Å². The molecule has 0 aliphatic carbocycles. The van der Waals surface area contributed by atoms with E-state index in [9.17, 15) is 4.79 Å². The number of fused-ring (bicyclic) bond motifs is 1. The van der Waals surface area contributed by atoms with Crippen molar-refractivity contribution in [1.82, 2.24) is 10.3 Å². The molecule has 6 heteroatoms. The molecular formula is C15H20N2O3S. The van der Waals surface area contributed by atoms with Crippen LogP contribution in [0.4, 0.5) is 4.79 Å². The fourth-order valence-electron chi connectivity index (χ4n) is 1.84. The quantitative estimate of drug-likeness (QED) is 0.911. The lowest BCUT2D eigenvalue weighted by Crippen LogP contribution is -2.32. The first-order valence-electron chi connectivity index (χ1n) is 6.83. The summed E-state index contributed by atoms with van der Waals surface area (Å²) >= 11 is 1.53. The molecule has 1 amide bonds. The van der Waals surface area contributed by atoms with Gasteiger partial charge in [0.15, 0.2) is 0 Å². The molecule has 0 atom stereocenters. The molecule has 2 N–H and O–H groups in total. The van der Waals surface area contributed by atoms with Gasteiger partial charge in [0, 0.05) is 6.61 Å². The van der Waals surface area contributed by atoms with Crippen LogP contribution in [-0.4, -0.2) is 28.4 Å². The molecule has 21 heavy (non-hydrogen) atoms. The maximum absolute atomic E-state index is 11.6. The first kappa shape index (κ1) is 15.7. The Balaban J connectivity index is 2.01. The summed E-state index contributed by atoms with van der Waals surface area (Å²) in [6.07, 6.45) is 0.196. The van der Waals surface area contributed by atoms with Crippen molar-refractivity contribution in [3.8, 4) is 0 Å². The minimum atomic E-state index is -0.503. The van der Waals surface area contributed by atoms with Crippen molar-refractivity contribution >= 4 is 27.6 Å². The van der Waals surface area contributed by atoms with E-state index in [2.05, 4.69) is 10.3 Å². The predicted molar refractivity (Wildman–Crippen MR) is 83.5 cm³/mol. The SMILES string of the molecule is CC(C)(C)OC(=O)NCc1nc2ccc(CCO)cc2s1. The number of hydrogen-bond donors (Lipinski definition) is 2. The van der Waals surface area contributed by atoms with Gasteiger partial charge in [0.05, 0.1) is 16.8 Å². The van der Waals surface area contributed by atoms with Crippen LogP contribution >= 0.6 is 11.3 Å². The van der Waals surface area contributed by atoms with Gasteiger partial charge in [-0.1, -0.05) is 6.07 Å². The van der Waals surface area contributed by atoms with Gasteiger partial charge in [-0.05, 0) is 44.9 Å². The fraction of sp³-hybridized carbons (Fsp3) is 0.467. The topological polar surface area (TPSA) is 71.5 Å². The number of ether oxygens (including phenoxy) is 1. The minimum Gasteiger partial charge on any atom is -0.444 e. The summed E-state index contributed by atoms with van der Waals surface area (Å²) in [5.41, 5.74) is 1.49. The Hall–Kier alpha value is -1.66. The van der Waals surface area contributed by atoms with Crippen molar-refractivity contribution in [2.45, 2.75) is 39.3 Å². The van der Waals surface area contributed by atoms with Crippen molar-refractivity contribution < 1.29 is 14.6 Å². The third kappa shape index (κ3) is 4.68. The second-order valence-electron chi connectivity index (χ2n) is 5.74. The zero-order chi connectivity index (χ0) is 15.5. The van der Waals surface area contributed by atoms with Crippen LogP contribution in [0.1, 0.15) is 31.3 Å². The summed E-state index contributed by atoms with van der Waals surface area (Å²) in [6.45, 7) is 5.97. The van der Waals surface area contributed by atoms with Crippen LogP contribution in [0, 0.1) is 0 Å². The summed E-state index contributed by atoms with van der Waals surface area (Å²) < 4.78 is 6.24. The van der Waals surface area contributed by atoms with E-state index in [1.165, 1.54) is 11.3 Å². The standard InChI is InChI=1S/C15H20N2O3S/c1-15(2,3)20-14(19)16-9-13-17-11-5-4-10(6-7-18)8-12(11)21-13/h4-5,8,18H,6-7,9H2,1-3H3,(H,16,19). The molecule has 114 valence electrons. The van der Waals surface area contributed by atoms with Gasteiger partial charge in [-0.25, -0.2) is 9.78 Å².